The SMILES string of the molecule is CC(N/C(=C\N)C(=O)N[C@@H](C)C(=O)N1CCC[C@@H](c2nn[nH]n2)C1)N(C(=O)CCc1ccc(-c2ccc(F)cc2)cc1)c1cc(Cl)cc(Cl)c1. The van der Waals surface area contributed by atoms with E-state index < -0.39 is 18.1 Å². The second kappa shape index (κ2) is 16.6. The number of amides is 3. The molecule has 4 aromatic rings. The van der Waals surface area contributed by atoms with Crippen molar-refractivity contribution in [3.8, 4) is 11.1 Å². The number of piperidine rings is 1. The Morgan fingerprint density at radius 3 is 2.32 bits per heavy atom. The summed E-state index contributed by atoms with van der Waals surface area (Å²) in [5.74, 6) is -0.961. The topological polar surface area (TPSA) is 162 Å². The minimum atomic E-state index is -0.863. The highest BCUT2D eigenvalue weighted by molar-refractivity contribution is 6.35. The lowest BCUT2D eigenvalue weighted by Crippen LogP contribution is -2.53. The highest BCUT2D eigenvalue weighted by Crippen LogP contribution is 2.28. The Balaban J connectivity index is 1.24. The van der Waals surface area contributed by atoms with Crippen LogP contribution in [0.1, 0.15) is 50.4 Å². The highest BCUT2D eigenvalue weighted by Gasteiger charge is 2.31. The van der Waals surface area contributed by atoms with Gasteiger partial charge < -0.3 is 21.3 Å². The number of nitrogens with two attached hydrogens (primary N) is 1. The van der Waals surface area contributed by atoms with E-state index in [1.165, 1.54) is 17.0 Å². The molecule has 1 unspecified atom stereocenters. The van der Waals surface area contributed by atoms with Crippen LogP contribution < -0.4 is 21.3 Å². The molecule has 3 aromatic carbocycles. The molecule has 0 saturated carbocycles. The molecule has 1 aliphatic heterocycles. The molecular weight excluding hydrogens is 684 g/mol. The normalized spacial score (nSPS) is 16.0. The van der Waals surface area contributed by atoms with Gasteiger partial charge in [-0.3, -0.25) is 19.3 Å². The minimum absolute atomic E-state index is 0.0391. The van der Waals surface area contributed by atoms with Crippen LogP contribution in [0.3, 0.4) is 0 Å². The zero-order valence-electron chi connectivity index (χ0n) is 27.6. The number of halogens is 3. The fraction of sp³-hybridized carbons (Fsp3) is 0.314. The Morgan fingerprint density at radius 2 is 1.70 bits per heavy atom. The number of tetrazole rings is 1. The second-order valence-corrected chi connectivity index (χ2v) is 13.0. The molecule has 262 valence electrons. The summed E-state index contributed by atoms with van der Waals surface area (Å²) in [6.45, 7) is 4.25. The van der Waals surface area contributed by atoms with E-state index in [1.54, 1.807) is 49.1 Å². The van der Waals surface area contributed by atoms with Crippen molar-refractivity contribution < 1.29 is 18.8 Å². The zero-order chi connectivity index (χ0) is 35.8. The lowest BCUT2D eigenvalue weighted by molar-refractivity contribution is -0.136. The number of carbonyl (C=O) groups excluding carboxylic acids is 3. The van der Waals surface area contributed by atoms with Gasteiger partial charge >= 0.3 is 0 Å². The zero-order valence-corrected chi connectivity index (χ0v) is 29.1. The summed E-state index contributed by atoms with van der Waals surface area (Å²) in [4.78, 5) is 43.6. The van der Waals surface area contributed by atoms with E-state index in [-0.39, 0.29) is 35.7 Å². The van der Waals surface area contributed by atoms with E-state index in [1.807, 2.05) is 24.3 Å². The van der Waals surface area contributed by atoms with Gasteiger partial charge in [0.15, 0.2) is 5.82 Å². The first-order valence-electron chi connectivity index (χ1n) is 16.2. The van der Waals surface area contributed by atoms with Crippen LogP contribution in [0.4, 0.5) is 10.1 Å². The summed E-state index contributed by atoms with van der Waals surface area (Å²) >= 11 is 12.6. The van der Waals surface area contributed by atoms with E-state index in [9.17, 15) is 18.8 Å². The Morgan fingerprint density at radius 1 is 1.04 bits per heavy atom. The molecule has 0 bridgehead atoms. The fourth-order valence-corrected chi connectivity index (χ4v) is 6.47. The van der Waals surface area contributed by atoms with Crippen molar-refractivity contribution in [1.82, 2.24) is 36.2 Å². The van der Waals surface area contributed by atoms with Gasteiger partial charge in [0.05, 0.1) is 0 Å². The predicted octanol–water partition coefficient (Wildman–Crippen LogP) is 4.93. The smallest absolute Gasteiger partial charge is 0.269 e. The molecule has 1 fully saturated rings. The van der Waals surface area contributed by atoms with Crippen LogP contribution in [-0.2, 0) is 20.8 Å². The van der Waals surface area contributed by atoms with Crippen LogP contribution in [0.5, 0.6) is 0 Å². The Bertz CT molecular complexity index is 1800. The van der Waals surface area contributed by atoms with Gasteiger partial charge in [0.25, 0.3) is 5.91 Å². The maximum absolute atomic E-state index is 13.8. The third kappa shape index (κ3) is 9.16. The van der Waals surface area contributed by atoms with E-state index in [2.05, 4.69) is 31.3 Å². The third-order valence-corrected chi connectivity index (χ3v) is 8.93. The molecule has 1 aromatic heterocycles. The predicted molar refractivity (Wildman–Crippen MR) is 189 cm³/mol. The van der Waals surface area contributed by atoms with E-state index in [0.717, 1.165) is 35.7 Å². The average Bonchev–Trinajstić information content (AvgIpc) is 3.65. The molecule has 1 saturated heterocycles. The number of hydrogen-bond donors (Lipinski definition) is 4. The molecule has 1 aliphatic rings. The highest BCUT2D eigenvalue weighted by atomic mass is 35.5. The summed E-state index contributed by atoms with van der Waals surface area (Å²) in [5.41, 5.74) is 8.99. The molecule has 0 aliphatic carbocycles. The van der Waals surface area contributed by atoms with Crippen molar-refractivity contribution in [2.45, 2.75) is 57.7 Å². The molecule has 2 heterocycles. The van der Waals surface area contributed by atoms with Gasteiger partial charge in [-0.2, -0.15) is 5.21 Å². The molecule has 15 heteroatoms. The van der Waals surface area contributed by atoms with Gasteiger partial charge in [0.2, 0.25) is 11.8 Å². The van der Waals surface area contributed by atoms with Crippen LogP contribution in [0.25, 0.3) is 11.1 Å². The minimum Gasteiger partial charge on any atom is -0.403 e. The number of nitrogens with one attached hydrogen (secondary N) is 3. The Labute approximate surface area is 299 Å². The molecular formula is C35H38Cl2FN9O3. The summed E-state index contributed by atoms with van der Waals surface area (Å²) < 4.78 is 13.3. The summed E-state index contributed by atoms with van der Waals surface area (Å²) in [7, 11) is 0. The van der Waals surface area contributed by atoms with Crippen molar-refractivity contribution in [3.05, 3.63) is 106 Å². The van der Waals surface area contributed by atoms with Gasteiger partial charge in [0.1, 0.15) is 23.7 Å². The number of aryl methyl sites for hydroxylation is 1. The van der Waals surface area contributed by atoms with Crippen molar-refractivity contribution in [3.63, 3.8) is 0 Å². The second-order valence-electron chi connectivity index (χ2n) is 12.1. The fourth-order valence-electron chi connectivity index (χ4n) is 5.96. The maximum Gasteiger partial charge on any atom is 0.269 e. The van der Waals surface area contributed by atoms with Crippen molar-refractivity contribution >= 4 is 46.6 Å². The summed E-state index contributed by atoms with van der Waals surface area (Å²) in [6.07, 6.45) is 2.42. The largest absolute Gasteiger partial charge is 0.403 e. The van der Waals surface area contributed by atoms with Crippen molar-refractivity contribution in [1.29, 1.82) is 0 Å². The van der Waals surface area contributed by atoms with Crippen molar-refractivity contribution in [2.75, 3.05) is 18.0 Å². The van der Waals surface area contributed by atoms with Crippen LogP contribution in [0.15, 0.2) is 78.6 Å². The Hall–Kier alpha value is -5.01. The molecule has 12 nitrogen and oxygen atoms in total. The first kappa shape index (κ1) is 36.3. The molecule has 0 spiro atoms. The van der Waals surface area contributed by atoms with E-state index >= 15 is 0 Å². The number of likely N-dealkylation sites (tertiary alicyclic amines) is 1. The van der Waals surface area contributed by atoms with Gasteiger partial charge in [-0.05, 0) is 80.1 Å². The average molecular weight is 723 g/mol. The summed E-state index contributed by atoms with van der Waals surface area (Å²) in [5, 5.41) is 20.6. The number of carbonyl (C=O) groups is 3. The number of aromatic nitrogens is 4. The summed E-state index contributed by atoms with van der Waals surface area (Å²) in [6, 6.07) is 17.8. The lowest BCUT2D eigenvalue weighted by atomic mass is 9.97. The van der Waals surface area contributed by atoms with Crippen LogP contribution >= 0.6 is 23.2 Å². The number of rotatable bonds is 12. The maximum atomic E-state index is 13.8. The van der Waals surface area contributed by atoms with Crippen LogP contribution in [0, 0.1) is 5.82 Å². The Kier molecular flexibility index (Phi) is 12.0. The number of nitrogens with zero attached hydrogens (tertiary/aromatic N) is 5. The molecule has 5 rings (SSSR count). The van der Waals surface area contributed by atoms with Gasteiger partial charge in [-0.25, -0.2) is 4.39 Å². The van der Waals surface area contributed by atoms with Gasteiger partial charge in [-0.15, -0.1) is 10.2 Å². The van der Waals surface area contributed by atoms with Crippen LogP contribution in [0.2, 0.25) is 10.0 Å². The number of aromatic amines is 1. The monoisotopic (exact) mass is 721 g/mol. The number of H-pyrrole nitrogens is 1. The van der Waals surface area contributed by atoms with Gasteiger partial charge in [0, 0.05) is 47.4 Å². The molecule has 0 radical (unpaired) electrons. The third-order valence-electron chi connectivity index (χ3n) is 8.49. The number of hydrogen-bond acceptors (Lipinski definition) is 8. The van der Waals surface area contributed by atoms with Crippen molar-refractivity contribution in [2.24, 2.45) is 5.73 Å². The molecule has 5 N–H and O–H groups in total. The lowest BCUT2D eigenvalue weighted by Gasteiger charge is -2.33. The van der Waals surface area contributed by atoms with Crippen LogP contribution in [-0.4, -0.2) is 68.5 Å². The molecule has 50 heavy (non-hydrogen) atoms. The first-order valence-corrected chi connectivity index (χ1v) is 16.9. The molecule has 3 atom stereocenters. The standard InChI is InChI=1S/C35H38Cl2FN9O3/c1-21(35(50)46-15-3-4-26(20-46)33-42-44-45-43-33)40-34(49)31(19-39)41-22(2)47(30-17-27(36)16-28(37)18-30)32(48)14-7-23-5-8-24(9-6-23)25-10-12-29(38)13-11-25/h5-6,8-13,16-19,21-22,26,41H,3-4,7,14-15,20,39H2,1-2H3,(H,40,49)(H,42,43,44,45)/b31-19-/t21-,22?,26+/m0/s1. The van der Waals surface area contributed by atoms with E-state index in [0.29, 0.717) is 41.1 Å². The first-order chi connectivity index (χ1) is 24.0. The quantitative estimate of drug-likeness (QED) is 0.118. The van der Waals surface area contributed by atoms with E-state index in [4.69, 9.17) is 28.9 Å². The number of benzene rings is 3. The van der Waals surface area contributed by atoms with Gasteiger partial charge in [-0.1, -0.05) is 64.8 Å². The molecule has 3 amide bonds. The number of anilines is 1.